The highest BCUT2D eigenvalue weighted by Crippen LogP contribution is 2.20. The van der Waals surface area contributed by atoms with E-state index in [1.165, 1.54) is 7.11 Å². The number of carbonyl (C=O) groups is 1. The van der Waals surface area contributed by atoms with Gasteiger partial charge in [-0.15, -0.1) is 0 Å². The van der Waals surface area contributed by atoms with E-state index in [0.717, 1.165) is 50.2 Å². The highest BCUT2D eigenvalue weighted by atomic mass is 32.1. The summed E-state index contributed by atoms with van der Waals surface area (Å²) in [4.78, 5) is 32.5. The van der Waals surface area contributed by atoms with Crippen LogP contribution in [0.4, 0.5) is 5.69 Å². The van der Waals surface area contributed by atoms with Crippen LogP contribution in [0.15, 0.2) is 53.3 Å². The van der Waals surface area contributed by atoms with Crippen molar-refractivity contribution in [2.24, 2.45) is 0 Å². The molecule has 3 aromatic rings. The van der Waals surface area contributed by atoms with Crippen LogP contribution in [-0.2, 0) is 16.0 Å². The number of H-pyrrole nitrogens is 1. The average Bonchev–Trinajstić information content (AvgIpc) is 2.93. The van der Waals surface area contributed by atoms with Gasteiger partial charge in [0.2, 0.25) is 0 Å². The van der Waals surface area contributed by atoms with Crippen molar-refractivity contribution in [3.8, 4) is 5.75 Å². The lowest BCUT2D eigenvalue weighted by Crippen LogP contribution is -2.40. The van der Waals surface area contributed by atoms with Gasteiger partial charge in [0.05, 0.1) is 45.2 Å². The van der Waals surface area contributed by atoms with Crippen molar-refractivity contribution in [2.45, 2.75) is 13.0 Å². The van der Waals surface area contributed by atoms with E-state index < -0.39 is 5.97 Å². The SMILES string of the molecule is COC(=O)c1ccccc1NC(=S)N(CCCN1CCOCC1)Cc1cc2cc(OC)ccc2[nH]c1=O. The average molecular weight is 525 g/mol. The second-order valence-electron chi connectivity index (χ2n) is 8.77. The summed E-state index contributed by atoms with van der Waals surface area (Å²) in [5.41, 5.74) is 2.08. The van der Waals surface area contributed by atoms with Crippen LogP contribution >= 0.6 is 12.2 Å². The number of nitrogens with one attached hydrogen (secondary N) is 2. The van der Waals surface area contributed by atoms with Gasteiger partial charge in [-0.2, -0.15) is 0 Å². The van der Waals surface area contributed by atoms with Crippen LogP contribution in [0.5, 0.6) is 5.75 Å². The van der Waals surface area contributed by atoms with E-state index in [-0.39, 0.29) is 5.56 Å². The van der Waals surface area contributed by atoms with Gasteiger partial charge in [-0.1, -0.05) is 12.1 Å². The number of rotatable bonds is 9. The normalized spacial score (nSPS) is 13.8. The molecule has 37 heavy (non-hydrogen) atoms. The molecule has 0 saturated carbocycles. The lowest BCUT2D eigenvalue weighted by Gasteiger charge is -2.29. The molecule has 0 aliphatic carbocycles. The number of hydrogen-bond acceptors (Lipinski definition) is 7. The second-order valence-corrected chi connectivity index (χ2v) is 9.16. The monoisotopic (exact) mass is 524 g/mol. The molecule has 0 spiro atoms. The molecule has 9 nitrogen and oxygen atoms in total. The van der Waals surface area contributed by atoms with Crippen LogP contribution in [-0.4, -0.2) is 79.5 Å². The summed E-state index contributed by atoms with van der Waals surface area (Å²) >= 11 is 5.78. The maximum absolute atomic E-state index is 12.9. The Morgan fingerprint density at radius 1 is 1.16 bits per heavy atom. The summed E-state index contributed by atoms with van der Waals surface area (Å²) in [6.07, 6.45) is 0.847. The number of carbonyl (C=O) groups excluding carboxylic acids is 1. The number of benzene rings is 2. The second kappa shape index (κ2) is 12.7. The number of fused-ring (bicyclic) bond motifs is 1. The number of morpholine rings is 1. The number of hydrogen-bond donors (Lipinski definition) is 2. The molecular formula is C27H32N4O5S. The van der Waals surface area contributed by atoms with Crippen molar-refractivity contribution in [1.82, 2.24) is 14.8 Å². The molecule has 1 aliphatic rings. The van der Waals surface area contributed by atoms with E-state index >= 15 is 0 Å². The Kier molecular flexibility index (Phi) is 9.10. The van der Waals surface area contributed by atoms with Gasteiger partial charge in [0.15, 0.2) is 5.11 Å². The number of pyridine rings is 1. The zero-order valence-electron chi connectivity index (χ0n) is 21.1. The predicted octanol–water partition coefficient (Wildman–Crippen LogP) is 3.24. The number of ether oxygens (including phenoxy) is 3. The third-order valence-corrected chi connectivity index (χ3v) is 6.72. The topological polar surface area (TPSA) is 96.1 Å². The van der Waals surface area contributed by atoms with Gasteiger partial charge in [-0.25, -0.2) is 4.79 Å². The fourth-order valence-electron chi connectivity index (χ4n) is 4.32. The minimum absolute atomic E-state index is 0.173. The summed E-state index contributed by atoms with van der Waals surface area (Å²) in [6.45, 7) is 5.11. The molecule has 0 bridgehead atoms. The minimum atomic E-state index is -0.454. The Morgan fingerprint density at radius 2 is 1.95 bits per heavy atom. The summed E-state index contributed by atoms with van der Waals surface area (Å²) in [7, 11) is 2.95. The van der Waals surface area contributed by atoms with Gasteiger partial charge in [-0.05, 0) is 55.0 Å². The molecule has 0 radical (unpaired) electrons. The van der Waals surface area contributed by atoms with Gasteiger partial charge in [-0.3, -0.25) is 9.69 Å². The van der Waals surface area contributed by atoms with Gasteiger partial charge >= 0.3 is 5.97 Å². The van der Waals surface area contributed by atoms with Crippen molar-refractivity contribution in [3.05, 3.63) is 70.0 Å². The minimum Gasteiger partial charge on any atom is -0.497 e. The highest BCUT2D eigenvalue weighted by molar-refractivity contribution is 7.80. The van der Waals surface area contributed by atoms with E-state index in [2.05, 4.69) is 15.2 Å². The molecule has 1 saturated heterocycles. The van der Waals surface area contributed by atoms with Crippen molar-refractivity contribution in [1.29, 1.82) is 0 Å². The van der Waals surface area contributed by atoms with Crippen LogP contribution in [0.3, 0.4) is 0 Å². The van der Waals surface area contributed by atoms with E-state index in [1.54, 1.807) is 25.3 Å². The number of esters is 1. The van der Waals surface area contributed by atoms with E-state index in [4.69, 9.17) is 26.4 Å². The van der Waals surface area contributed by atoms with Gasteiger partial charge in [0.1, 0.15) is 5.75 Å². The smallest absolute Gasteiger partial charge is 0.339 e. The van der Waals surface area contributed by atoms with Gasteiger partial charge < -0.3 is 29.4 Å². The number of aromatic amines is 1. The van der Waals surface area contributed by atoms with Gasteiger partial charge in [0, 0.05) is 42.6 Å². The number of aromatic nitrogens is 1. The number of anilines is 1. The van der Waals surface area contributed by atoms with Crippen LogP contribution in [0.1, 0.15) is 22.3 Å². The molecule has 10 heteroatoms. The fraction of sp³-hybridized carbons (Fsp3) is 0.370. The standard InChI is InChI=1S/C27H32N4O5S/c1-34-21-8-9-23-19(17-21)16-20(25(32)28-23)18-31(11-5-10-30-12-14-36-15-13-30)27(37)29-24-7-4-3-6-22(24)26(33)35-2/h3-4,6-9,16-17H,5,10-15,18H2,1-2H3,(H,28,32)(H,29,37). The summed E-state index contributed by atoms with van der Waals surface area (Å²) in [6, 6.07) is 14.5. The van der Waals surface area contributed by atoms with Crippen molar-refractivity contribution in [3.63, 3.8) is 0 Å². The first-order valence-electron chi connectivity index (χ1n) is 12.2. The third kappa shape index (κ3) is 6.85. The molecule has 1 aromatic heterocycles. The molecule has 2 heterocycles. The Bertz CT molecular complexity index is 1310. The molecule has 1 fully saturated rings. The molecule has 4 rings (SSSR count). The molecule has 0 atom stereocenters. The lowest BCUT2D eigenvalue weighted by molar-refractivity contribution is 0.0367. The maximum Gasteiger partial charge on any atom is 0.339 e. The van der Waals surface area contributed by atoms with Gasteiger partial charge in [0.25, 0.3) is 5.56 Å². The zero-order chi connectivity index (χ0) is 26.2. The number of para-hydroxylation sites is 1. The quantitative estimate of drug-likeness (QED) is 0.323. The number of thiocarbonyl (C=S) groups is 1. The molecule has 1 aliphatic heterocycles. The lowest BCUT2D eigenvalue weighted by atomic mass is 10.1. The molecule has 0 amide bonds. The van der Waals surface area contributed by atoms with Crippen LogP contribution in [0.2, 0.25) is 0 Å². The summed E-state index contributed by atoms with van der Waals surface area (Å²) in [5.74, 6) is 0.258. The fourth-order valence-corrected chi connectivity index (χ4v) is 4.58. The number of nitrogens with zero attached hydrogens (tertiary/aromatic N) is 2. The first-order chi connectivity index (χ1) is 18.0. The largest absolute Gasteiger partial charge is 0.497 e. The summed E-state index contributed by atoms with van der Waals surface area (Å²) < 4.78 is 15.7. The first kappa shape index (κ1) is 26.6. The van der Waals surface area contributed by atoms with E-state index in [9.17, 15) is 9.59 Å². The zero-order valence-corrected chi connectivity index (χ0v) is 21.9. The summed E-state index contributed by atoms with van der Waals surface area (Å²) in [5, 5.41) is 4.49. The molecule has 0 unspecified atom stereocenters. The van der Waals surface area contributed by atoms with E-state index in [0.29, 0.717) is 40.8 Å². The van der Waals surface area contributed by atoms with Crippen LogP contribution < -0.4 is 15.6 Å². The van der Waals surface area contributed by atoms with Crippen LogP contribution in [0, 0.1) is 0 Å². The highest BCUT2D eigenvalue weighted by Gasteiger charge is 2.18. The first-order valence-corrected chi connectivity index (χ1v) is 12.6. The molecule has 196 valence electrons. The van der Waals surface area contributed by atoms with Crippen molar-refractivity contribution >= 4 is 39.9 Å². The Hall–Kier alpha value is -3.47. The molecule has 2 aromatic carbocycles. The van der Waals surface area contributed by atoms with Crippen molar-refractivity contribution < 1.29 is 19.0 Å². The van der Waals surface area contributed by atoms with E-state index in [1.807, 2.05) is 35.2 Å². The molecule has 2 N–H and O–H groups in total. The Balaban J connectivity index is 1.56. The Labute approximate surface area is 221 Å². The maximum atomic E-state index is 12.9. The molecular weight excluding hydrogens is 492 g/mol. The van der Waals surface area contributed by atoms with Crippen LogP contribution in [0.25, 0.3) is 10.9 Å². The number of methoxy groups -OCH3 is 2. The van der Waals surface area contributed by atoms with Crippen molar-refractivity contribution in [2.75, 3.05) is 58.9 Å². The predicted molar refractivity (Wildman–Crippen MR) is 147 cm³/mol. The third-order valence-electron chi connectivity index (χ3n) is 6.36. The Morgan fingerprint density at radius 3 is 2.70 bits per heavy atom.